The van der Waals surface area contributed by atoms with Crippen LogP contribution in [-0.4, -0.2) is 33.1 Å². The van der Waals surface area contributed by atoms with Crippen molar-refractivity contribution in [2.75, 3.05) is 32.1 Å². The van der Waals surface area contributed by atoms with Gasteiger partial charge in [-0.1, -0.05) is 12.1 Å². The molecular weight excluding hydrogens is 214 g/mol. The third-order valence-electron chi connectivity index (χ3n) is 3.04. The molecule has 1 aromatic carbocycles. The van der Waals surface area contributed by atoms with E-state index in [4.69, 9.17) is 0 Å². The average Bonchev–Trinajstić information content (AvgIpc) is 2.62. The number of rotatable bonds is 5. The van der Waals surface area contributed by atoms with E-state index in [9.17, 15) is 4.79 Å². The molecule has 4 heteroatoms. The Morgan fingerprint density at radius 1 is 1.29 bits per heavy atom. The molecule has 1 amide bonds. The SMILES string of the molecule is CNCCN1C(=O)Cc2cc(CNC)ccc21. The fraction of sp³-hybridized carbons (Fsp3) is 0.462. The van der Waals surface area contributed by atoms with Crippen molar-refractivity contribution in [3.05, 3.63) is 29.3 Å². The van der Waals surface area contributed by atoms with Crippen molar-refractivity contribution in [2.45, 2.75) is 13.0 Å². The third kappa shape index (κ3) is 2.48. The zero-order valence-electron chi connectivity index (χ0n) is 10.4. The fourth-order valence-corrected chi connectivity index (χ4v) is 2.22. The van der Waals surface area contributed by atoms with Crippen molar-refractivity contribution in [3.63, 3.8) is 0 Å². The van der Waals surface area contributed by atoms with Gasteiger partial charge in [-0.3, -0.25) is 4.79 Å². The number of hydrogen-bond acceptors (Lipinski definition) is 3. The Labute approximate surface area is 102 Å². The van der Waals surface area contributed by atoms with Gasteiger partial charge in [0.15, 0.2) is 0 Å². The number of anilines is 1. The van der Waals surface area contributed by atoms with Gasteiger partial charge in [0, 0.05) is 25.3 Å². The van der Waals surface area contributed by atoms with Gasteiger partial charge in [0.2, 0.25) is 5.91 Å². The number of benzene rings is 1. The molecule has 17 heavy (non-hydrogen) atoms. The second-order valence-corrected chi connectivity index (χ2v) is 4.32. The first kappa shape index (κ1) is 12.1. The van der Waals surface area contributed by atoms with Crippen LogP contribution in [0.25, 0.3) is 0 Å². The van der Waals surface area contributed by atoms with E-state index in [1.165, 1.54) is 5.56 Å². The normalized spacial score (nSPS) is 14.2. The molecule has 0 aliphatic carbocycles. The Hall–Kier alpha value is -1.39. The Bertz CT molecular complexity index is 417. The first-order valence-corrected chi connectivity index (χ1v) is 5.97. The monoisotopic (exact) mass is 233 g/mol. The highest BCUT2D eigenvalue weighted by molar-refractivity contribution is 6.01. The van der Waals surface area contributed by atoms with E-state index in [2.05, 4.69) is 28.8 Å². The number of hydrogen-bond donors (Lipinski definition) is 2. The molecule has 2 N–H and O–H groups in total. The van der Waals surface area contributed by atoms with Gasteiger partial charge < -0.3 is 15.5 Å². The molecule has 0 spiro atoms. The van der Waals surface area contributed by atoms with Crippen LogP contribution < -0.4 is 15.5 Å². The second-order valence-electron chi connectivity index (χ2n) is 4.32. The summed E-state index contributed by atoms with van der Waals surface area (Å²) in [5.74, 6) is 0.205. The molecule has 0 radical (unpaired) electrons. The molecule has 2 rings (SSSR count). The lowest BCUT2D eigenvalue weighted by Gasteiger charge is -2.17. The van der Waals surface area contributed by atoms with Crippen molar-refractivity contribution in [2.24, 2.45) is 0 Å². The number of carbonyl (C=O) groups excluding carboxylic acids is 1. The summed E-state index contributed by atoms with van der Waals surface area (Å²) < 4.78 is 0. The lowest BCUT2D eigenvalue weighted by Crippen LogP contribution is -2.33. The number of likely N-dealkylation sites (N-methyl/N-ethyl adjacent to an activating group) is 1. The molecule has 92 valence electrons. The van der Waals surface area contributed by atoms with E-state index in [0.717, 1.165) is 30.9 Å². The third-order valence-corrected chi connectivity index (χ3v) is 3.04. The summed E-state index contributed by atoms with van der Waals surface area (Å²) in [5, 5.41) is 6.20. The second kappa shape index (κ2) is 5.29. The van der Waals surface area contributed by atoms with Gasteiger partial charge in [-0.2, -0.15) is 0 Å². The summed E-state index contributed by atoms with van der Waals surface area (Å²) >= 11 is 0. The Kier molecular flexibility index (Phi) is 3.76. The maximum Gasteiger partial charge on any atom is 0.231 e. The maximum absolute atomic E-state index is 11.9. The highest BCUT2D eigenvalue weighted by Crippen LogP contribution is 2.29. The molecule has 0 atom stereocenters. The quantitative estimate of drug-likeness (QED) is 0.779. The number of amides is 1. The van der Waals surface area contributed by atoms with Gasteiger partial charge in [-0.25, -0.2) is 0 Å². The van der Waals surface area contributed by atoms with Crippen molar-refractivity contribution in [1.82, 2.24) is 10.6 Å². The summed E-state index contributed by atoms with van der Waals surface area (Å²) in [6.07, 6.45) is 0.538. The minimum Gasteiger partial charge on any atom is -0.318 e. The van der Waals surface area contributed by atoms with Crippen LogP contribution in [0.5, 0.6) is 0 Å². The van der Waals surface area contributed by atoms with Crippen LogP contribution >= 0.6 is 0 Å². The summed E-state index contributed by atoms with van der Waals surface area (Å²) in [5.41, 5.74) is 3.46. The molecule has 0 saturated heterocycles. The van der Waals surface area contributed by atoms with E-state index in [0.29, 0.717) is 6.42 Å². The predicted molar refractivity (Wildman–Crippen MR) is 69.2 cm³/mol. The lowest BCUT2D eigenvalue weighted by atomic mass is 10.1. The van der Waals surface area contributed by atoms with Crippen LogP contribution in [0, 0.1) is 0 Å². The summed E-state index contributed by atoms with van der Waals surface area (Å²) in [7, 11) is 3.83. The minimum atomic E-state index is 0.205. The predicted octanol–water partition coefficient (Wildman–Crippen LogP) is 0.514. The maximum atomic E-state index is 11.9. The molecule has 1 heterocycles. The van der Waals surface area contributed by atoms with Crippen LogP contribution in [0.3, 0.4) is 0 Å². The summed E-state index contributed by atoms with van der Waals surface area (Å²) in [6, 6.07) is 6.27. The van der Waals surface area contributed by atoms with Crippen molar-refractivity contribution in [1.29, 1.82) is 0 Å². The van der Waals surface area contributed by atoms with Gasteiger partial charge in [0.1, 0.15) is 0 Å². The topological polar surface area (TPSA) is 44.4 Å². The van der Waals surface area contributed by atoms with Crippen LogP contribution in [0.15, 0.2) is 18.2 Å². The van der Waals surface area contributed by atoms with Gasteiger partial charge in [-0.05, 0) is 31.3 Å². The lowest BCUT2D eigenvalue weighted by molar-refractivity contribution is -0.117. The Morgan fingerprint density at radius 2 is 2.12 bits per heavy atom. The van der Waals surface area contributed by atoms with Crippen LogP contribution in [0.4, 0.5) is 5.69 Å². The largest absolute Gasteiger partial charge is 0.318 e. The molecule has 0 bridgehead atoms. The zero-order valence-corrected chi connectivity index (χ0v) is 10.4. The highest BCUT2D eigenvalue weighted by atomic mass is 16.2. The molecule has 0 saturated carbocycles. The van der Waals surface area contributed by atoms with Gasteiger partial charge in [0.05, 0.1) is 6.42 Å². The van der Waals surface area contributed by atoms with Gasteiger partial charge in [-0.15, -0.1) is 0 Å². The molecule has 1 aliphatic heterocycles. The van der Waals surface area contributed by atoms with E-state index < -0.39 is 0 Å². The Balaban J connectivity index is 2.19. The average molecular weight is 233 g/mol. The molecule has 0 unspecified atom stereocenters. The fourth-order valence-electron chi connectivity index (χ4n) is 2.22. The zero-order chi connectivity index (χ0) is 12.3. The summed E-state index contributed by atoms with van der Waals surface area (Å²) in [6.45, 7) is 2.41. The first-order valence-electron chi connectivity index (χ1n) is 5.97. The number of carbonyl (C=O) groups is 1. The smallest absolute Gasteiger partial charge is 0.231 e. The van der Waals surface area contributed by atoms with Crippen molar-refractivity contribution < 1.29 is 4.79 Å². The van der Waals surface area contributed by atoms with E-state index in [-0.39, 0.29) is 5.91 Å². The molecule has 0 fully saturated rings. The van der Waals surface area contributed by atoms with Crippen molar-refractivity contribution >= 4 is 11.6 Å². The molecule has 4 nitrogen and oxygen atoms in total. The number of fused-ring (bicyclic) bond motifs is 1. The van der Waals surface area contributed by atoms with Crippen LogP contribution in [-0.2, 0) is 17.8 Å². The molecule has 1 aromatic rings. The molecule has 1 aliphatic rings. The van der Waals surface area contributed by atoms with Crippen LogP contribution in [0.2, 0.25) is 0 Å². The number of nitrogens with zero attached hydrogens (tertiary/aromatic N) is 1. The molecular formula is C13H19N3O. The highest BCUT2D eigenvalue weighted by Gasteiger charge is 2.26. The minimum absolute atomic E-state index is 0.205. The summed E-state index contributed by atoms with van der Waals surface area (Å²) in [4.78, 5) is 13.8. The van der Waals surface area contributed by atoms with E-state index >= 15 is 0 Å². The standard InChI is InChI=1S/C13H19N3O/c1-14-5-6-16-12-4-3-10(9-15-2)7-11(12)8-13(16)17/h3-4,7,14-15H,5-6,8-9H2,1-2H3. The first-order chi connectivity index (χ1) is 8.26. The van der Waals surface area contributed by atoms with E-state index in [1.54, 1.807) is 0 Å². The molecule has 0 aromatic heterocycles. The van der Waals surface area contributed by atoms with E-state index in [1.807, 2.05) is 19.0 Å². The van der Waals surface area contributed by atoms with Gasteiger partial charge in [0.25, 0.3) is 0 Å². The van der Waals surface area contributed by atoms with Crippen LogP contribution in [0.1, 0.15) is 11.1 Å². The Morgan fingerprint density at radius 3 is 2.82 bits per heavy atom. The van der Waals surface area contributed by atoms with Crippen molar-refractivity contribution in [3.8, 4) is 0 Å². The van der Waals surface area contributed by atoms with Gasteiger partial charge >= 0.3 is 0 Å². The number of nitrogens with one attached hydrogen (secondary N) is 2.